The van der Waals surface area contributed by atoms with Gasteiger partial charge in [0.2, 0.25) is 5.91 Å². The molecule has 0 saturated carbocycles. The summed E-state index contributed by atoms with van der Waals surface area (Å²) in [5.41, 5.74) is 8.10. The van der Waals surface area contributed by atoms with Crippen molar-refractivity contribution >= 4 is 22.6 Å². The van der Waals surface area contributed by atoms with Crippen LogP contribution in [-0.4, -0.2) is 35.3 Å². The Labute approximate surface area is 163 Å². The van der Waals surface area contributed by atoms with Crippen LogP contribution in [0.1, 0.15) is 22.5 Å². The highest BCUT2D eigenvalue weighted by Gasteiger charge is 2.27. The van der Waals surface area contributed by atoms with Gasteiger partial charge in [-0.25, -0.2) is 4.98 Å². The van der Waals surface area contributed by atoms with Gasteiger partial charge < -0.3 is 10.6 Å². The number of carbonyl (C=O) groups is 2. The molecule has 0 aliphatic carbocycles. The van der Waals surface area contributed by atoms with Crippen LogP contribution in [0.25, 0.3) is 22.0 Å². The van der Waals surface area contributed by atoms with Gasteiger partial charge in [0.1, 0.15) is 11.6 Å². The van der Waals surface area contributed by atoms with Crippen molar-refractivity contribution in [2.45, 2.75) is 6.42 Å². The van der Waals surface area contributed by atoms with Gasteiger partial charge in [-0.1, -0.05) is 48.2 Å². The van der Waals surface area contributed by atoms with E-state index in [0.29, 0.717) is 5.69 Å². The first-order chi connectivity index (χ1) is 13.5. The Bertz CT molecular complexity index is 1160. The highest BCUT2D eigenvalue weighted by atomic mass is 16.2. The van der Waals surface area contributed by atoms with E-state index in [0.717, 1.165) is 34.9 Å². The summed E-state index contributed by atoms with van der Waals surface area (Å²) in [5, 5.41) is 1.64. The first-order valence-corrected chi connectivity index (χ1v) is 9.09. The average molecular weight is 369 g/mol. The molecule has 2 N–H and O–H groups in total. The highest BCUT2D eigenvalue weighted by Crippen LogP contribution is 2.25. The molecule has 2 amide bonds. The van der Waals surface area contributed by atoms with E-state index in [9.17, 15) is 9.59 Å². The second-order valence-electron chi connectivity index (χ2n) is 6.89. The minimum atomic E-state index is -0.558. The molecule has 4 rings (SSSR count). The largest absolute Gasteiger partial charge is 0.364 e. The van der Waals surface area contributed by atoms with E-state index in [1.54, 1.807) is 11.9 Å². The summed E-state index contributed by atoms with van der Waals surface area (Å²) in [4.78, 5) is 30.1. The van der Waals surface area contributed by atoms with Crippen LogP contribution in [0.4, 0.5) is 0 Å². The molecule has 1 aliphatic heterocycles. The molecule has 28 heavy (non-hydrogen) atoms. The maximum atomic E-state index is 12.0. The fourth-order valence-electron chi connectivity index (χ4n) is 3.42. The molecule has 5 nitrogen and oxygen atoms in total. The molecule has 0 bridgehead atoms. The van der Waals surface area contributed by atoms with Crippen molar-refractivity contribution in [2.75, 3.05) is 13.6 Å². The number of primary amides is 1. The zero-order valence-corrected chi connectivity index (χ0v) is 15.5. The lowest BCUT2D eigenvalue weighted by molar-refractivity contribution is -0.128. The Kier molecular flexibility index (Phi) is 4.54. The van der Waals surface area contributed by atoms with Gasteiger partial charge in [-0.15, -0.1) is 0 Å². The van der Waals surface area contributed by atoms with Crippen LogP contribution in [0.15, 0.2) is 54.6 Å². The SMILES string of the molecule is CN1CCC(C#Cc2cccc(-c3cc4ccccc4c(C(N)=O)n3)c2)C1=O. The standard InChI is InChI=1S/C23H19N3O2/c1-26-12-11-16(23(26)28)10-9-15-5-4-7-18(13-15)20-14-17-6-2-3-8-19(17)21(25-20)22(24)27/h2-8,13-14,16H,11-12H2,1H3,(H2,24,27). The summed E-state index contributed by atoms with van der Waals surface area (Å²) in [6.45, 7) is 0.745. The molecule has 138 valence electrons. The van der Waals surface area contributed by atoms with Crippen LogP contribution in [0, 0.1) is 17.8 Å². The molecular formula is C23H19N3O2. The Morgan fingerprint density at radius 2 is 2.00 bits per heavy atom. The third-order valence-corrected chi connectivity index (χ3v) is 4.95. The third kappa shape index (κ3) is 3.33. The highest BCUT2D eigenvalue weighted by molar-refractivity contribution is 6.05. The second kappa shape index (κ2) is 7.16. The minimum Gasteiger partial charge on any atom is -0.364 e. The van der Waals surface area contributed by atoms with Gasteiger partial charge in [0, 0.05) is 30.1 Å². The van der Waals surface area contributed by atoms with Gasteiger partial charge in [-0.3, -0.25) is 9.59 Å². The number of hydrogen-bond donors (Lipinski definition) is 1. The van der Waals surface area contributed by atoms with E-state index in [4.69, 9.17) is 5.73 Å². The topological polar surface area (TPSA) is 76.3 Å². The first kappa shape index (κ1) is 17.7. The quantitative estimate of drug-likeness (QED) is 0.706. The Balaban J connectivity index is 1.72. The molecule has 1 aromatic heterocycles. The van der Waals surface area contributed by atoms with Crippen molar-refractivity contribution in [3.8, 4) is 23.1 Å². The maximum Gasteiger partial charge on any atom is 0.267 e. The number of nitrogens with two attached hydrogens (primary N) is 1. The molecule has 1 fully saturated rings. The summed E-state index contributed by atoms with van der Waals surface area (Å²) >= 11 is 0. The number of hydrogen-bond acceptors (Lipinski definition) is 3. The van der Waals surface area contributed by atoms with Crippen LogP contribution in [0.5, 0.6) is 0 Å². The summed E-state index contributed by atoms with van der Waals surface area (Å²) < 4.78 is 0. The Hall–Kier alpha value is -3.65. The minimum absolute atomic E-state index is 0.0750. The molecule has 5 heteroatoms. The van der Waals surface area contributed by atoms with E-state index in [-0.39, 0.29) is 17.5 Å². The predicted molar refractivity (Wildman–Crippen MR) is 108 cm³/mol. The van der Waals surface area contributed by atoms with Crippen molar-refractivity contribution in [1.29, 1.82) is 0 Å². The van der Waals surface area contributed by atoms with E-state index in [1.807, 2.05) is 54.6 Å². The molecule has 1 atom stereocenters. The van der Waals surface area contributed by atoms with Gasteiger partial charge in [0.25, 0.3) is 5.91 Å². The first-order valence-electron chi connectivity index (χ1n) is 9.09. The number of rotatable bonds is 2. The fraction of sp³-hybridized carbons (Fsp3) is 0.174. The monoisotopic (exact) mass is 369 g/mol. The van der Waals surface area contributed by atoms with Crippen LogP contribution in [-0.2, 0) is 4.79 Å². The number of benzene rings is 2. The van der Waals surface area contributed by atoms with E-state index in [2.05, 4.69) is 16.8 Å². The normalized spacial score (nSPS) is 16.1. The van der Waals surface area contributed by atoms with Crippen molar-refractivity contribution in [3.63, 3.8) is 0 Å². The molecule has 3 aromatic rings. The van der Waals surface area contributed by atoms with Crippen molar-refractivity contribution in [3.05, 3.63) is 65.9 Å². The molecule has 0 radical (unpaired) electrons. The number of pyridine rings is 1. The van der Waals surface area contributed by atoms with Gasteiger partial charge in [-0.2, -0.15) is 0 Å². The molecule has 2 heterocycles. The molecule has 1 saturated heterocycles. The number of carbonyl (C=O) groups excluding carboxylic acids is 2. The van der Waals surface area contributed by atoms with E-state index >= 15 is 0 Å². The molecular weight excluding hydrogens is 350 g/mol. The van der Waals surface area contributed by atoms with Crippen molar-refractivity contribution in [1.82, 2.24) is 9.88 Å². The Morgan fingerprint density at radius 3 is 2.75 bits per heavy atom. The zero-order chi connectivity index (χ0) is 19.7. The third-order valence-electron chi connectivity index (χ3n) is 4.95. The lowest BCUT2D eigenvalue weighted by atomic mass is 10.0. The number of nitrogens with zero attached hydrogens (tertiary/aromatic N) is 2. The second-order valence-corrected chi connectivity index (χ2v) is 6.89. The summed E-state index contributed by atoms with van der Waals surface area (Å²) in [6.07, 6.45) is 0.760. The smallest absolute Gasteiger partial charge is 0.267 e. The maximum absolute atomic E-state index is 12.0. The van der Waals surface area contributed by atoms with Crippen LogP contribution < -0.4 is 5.73 Å². The van der Waals surface area contributed by atoms with E-state index < -0.39 is 5.91 Å². The number of likely N-dealkylation sites (tertiary alicyclic amines) is 1. The van der Waals surface area contributed by atoms with Crippen LogP contribution in [0.3, 0.4) is 0 Å². The predicted octanol–water partition coefficient (Wildman–Crippen LogP) is 2.83. The van der Waals surface area contributed by atoms with Gasteiger partial charge in [-0.05, 0) is 30.0 Å². The number of aromatic nitrogens is 1. The lowest BCUT2D eigenvalue weighted by Gasteiger charge is -2.08. The fourth-order valence-corrected chi connectivity index (χ4v) is 3.42. The summed E-state index contributed by atoms with van der Waals surface area (Å²) in [5.74, 6) is 5.46. The summed E-state index contributed by atoms with van der Waals surface area (Å²) in [6, 6.07) is 17.1. The van der Waals surface area contributed by atoms with Crippen LogP contribution in [0.2, 0.25) is 0 Å². The molecule has 0 spiro atoms. The van der Waals surface area contributed by atoms with Gasteiger partial charge in [0.05, 0.1) is 5.69 Å². The van der Waals surface area contributed by atoms with Crippen molar-refractivity contribution in [2.24, 2.45) is 11.7 Å². The van der Waals surface area contributed by atoms with Crippen molar-refractivity contribution < 1.29 is 9.59 Å². The average Bonchev–Trinajstić information content (AvgIpc) is 3.03. The molecule has 1 aliphatic rings. The van der Waals surface area contributed by atoms with Gasteiger partial charge >= 0.3 is 0 Å². The Morgan fingerprint density at radius 1 is 1.18 bits per heavy atom. The van der Waals surface area contributed by atoms with E-state index in [1.165, 1.54) is 0 Å². The zero-order valence-electron chi connectivity index (χ0n) is 15.5. The molecule has 1 unspecified atom stereocenters. The number of fused-ring (bicyclic) bond motifs is 1. The lowest BCUT2D eigenvalue weighted by Crippen LogP contribution is -2.21. The molecule has 2 aromatic carbocycles. The van der Waals surface area contributed by atoms with Gasteiger partial charge in [0.15, 0.2) is 0 Å². The number of amides is 2. The summed E-state index contributed by atoms with van der Waals surface area (Å²) in [7, 11) is 1.80. The van der Waals surface area contributed by atoms with Crippen LogP contribution >= 0.6 is 0 Å².